The predicted molar refractivity (Wildman–Crippen MR) is 322 cm³/mol. The van der Waals surface area contributed by atoms with Gasteiger partial charge in [-0.25, -0.2) is 18.1 Å². The average molecular weight is 1210 g/mol. The van der Waals surface area contributed by atoms with Gasteiger partial charge in [0.1, 0.15) is 35.1 Å². The first kappa shape index (κ1) is 63.0. The summed E-state index contributed by atoms with van der Waals surface area (Å²) >= 11 is 0. The van der Waals surface area contributed by atoms with Crippen LogP contribution in [0.4, 0.5) is 20.2 Å². The van der Waals surface area contributed by atoms with Crippen molar-refractivity contribution in [2.24, 2.45) is 0 Å². The lowest BCUT2D eigenvalue weighted by atomic mass is 9.91. The van der Waals surface area contributed by atoms with E-state index in [2.05, 4.69) is 62.5 Å². The lowest BCUT2D eigenvalue weighted by Crippen LogP contribution is -2.55. The number of aromatic nitrogens is 8. The van der Waals surface area contributed by atoms with Crippen LogP contribution in [-0.4, -0.2) is 127 Å². The number of pyridine rings is 2. The number of fused-ring (bicyclic) bond motifs is 2. The van der Waals surface area contributed by atoms with Gasteiger partial charge in [-0.2, -0.15) is 0 Å². The molecule has 2 aliphatic heterocycles. The van der Waals surface area contributed by atoms with Crippen molar-refractivity contribution in [2.45, 2.75) is 128 Å². The number of hydrogen-bond donors (Lipinski definition) is 8. The van der Waals surface area contributed by atoms with Crippen LogP contribution in [0.2, 0.25) is 0 Å². The van der Waals surface area contributed by atoms with Gasteiger partial charge in [-0.1, -0.05) is 62.4 Å². The first-order chi connectivity index (χ1) is 41.7. The zero-order valence-electron chi connectivity index (χ0n) is 50.5. The number of anilines is 2. The number of amides is 6. The third kappa shape index (κ3) is 13.7. The zero-order chi connectivity index (χ0) is 63.5. The molecular formula is C62H72F2N16O8. The summed E-state index contributed by atoms with van der Waals surface area (Å²) in [5, 5.41) is 34.2. The van der Waals surface area contributed by atoms with Gasteiger partial charge in [-0.3, -0.25) is 38.4 Å². The number of halogens is 2. The molecule has 9 rings (SSSR count). The van der Waals surface area contributed by atoms with E-state index >= 15 is 0 Å². The number of nitrogens with one attached hydrogen (secondary N) is 8. The molecule has 0 saturated heterocycles. The summed E-state index contributed by atoms with van der Waals surface area (Å²) in [6.45, 7) is 14.5. The van der Waals surface area contributed by atoms with Crippen molar-refractivity contribution in [2.75, 3.05) is 37.0 Å². The minimum Gasteiger partial charge on any atom is -0.346 e. The molecule has 24 nitrogen and oxygen atoms in total. The van der Waals surface area contributed by atoms with Gasteiger partial charge in [-0.15, -0.1) is 10.2 Å². The van der Waals surface area contributed by atoms with E-state index in [1.54, 1.807) is 100 Å². The highest BCUT2D eigenvalue weighted by Crippen LogP contribution is 2.41. The van der Waals surface area contributed by atoms with Crippen LogP contribution in [0.5, 0.6) is 0 Å². The largest absolute Gasteiger partial charge is 0.346 e. The molecule has 7 aromatic rings. The Morgan fingerprint density at radius 3 is 1.25 bits per heavy atom. The number of likely N-dealkylation sites (N-methyl/N-ethyl adjacent to an activating group) is 2. The Kier molecular flexibility index (Phi) is 18.5. The maximum atomic E-state index is 14.8. The molecule has 8 N–H and O–H groups in total. The third-order valence-corrected chi connectivity index (χ3v) is 16.3. The van der Waals surface area contributed by atoms with Crippen LogP contribution in [0.15, 0.2) is 107 Å². The third-order valence-electron chi connectivity index (χ3n) is 16.3. The summed E-state index contributed by atoms with van der Waals surface area (Å²) in [7, 11) is 3.24. The molecule has 0 spiro atoms. The van der Waals surface area contributed by atoms with Gasteiger partial charge in [0.2, 0.25) is 11.8 Å². The van der Waals surface area contributed by atoms with E-state index in [0.29, 0.717) is 56.4 Å². The fourth-order valence-corrected chi connectivity index (χ4v) is 10.7. The average Bonchev–Trinajstić information content (AvgIpc) is 2.36. The molecule has 88 heavy (non-hydrogen) atoms. The number of carbonyl (C=O) groups excluding carboxylic acids is 6. The van der Waals surface area contributed by atoms with Gasteiger partial charge in [0.05, 0.1) is 61.0 Å². The molecule has 0 radical (unpaired) electrons. The molecular weight excluding hydrogens is 1130 g/mol. The zero-order valence-corrected chi connectivity index (χ0v) is 50.5. The molecule has 6 amide bonds. The maximum Gasteiger partial charge on any atom is 0.251 e. The Hall–Kier alpha value is -9.56. The topological polar surface area (TPSA) is 308 Å². The predicted octanol–water partition coefficient (Wildman–Crippen LogP) is 3.52. The number of rotatable bonds is 22. The lowest BCUT2D eigenvalue weighted by molar-refractivity contribution is -0.129. The molecule has 6 atom stereocenters. The summed E-state index contributed by atoms with van der Waals surface area (Å²) < 4.78 is 30.3. The van der Waals surface area contributed by atoms with E-state index in [1.165, 1.54) is 57.9 Å². The summed E-state index contributed by atoms with van der Waals surface area (Å²) in [5.41, 5.74) is 3.32. The van der Waals surface area contributed by atoms with E-state index < -0.39 is 94.2 Å². The van der Waals surface area contributed by atoms with Gasteiger partial charge < -0.3 is 51.7 Å². The monoisotopic (exact) mass is 1210 g/mol. The molecule has 0 bridgehead atoms. The Morgan fingerprint density at radius 1 is 0.557 bits per heavy atom. The van der Waals surface area contributed by atoms with Gasteiger partial charge in [0.15, 0.2) is 0 Å². The first-order valence-corrected chi connectivity index (χ1v) is 28.8. The molecule has 0 saturated carbocycles. The SMILES string of the molecule is CN[C@@H](C)C(=O)N[C@H](C(=O)N1CC(C)(C)c2[nH]c(=O)c(Cc3ccc(F)cc3)cc21)[C@H](C)n1cc(CNC(=O)c2ccc(C(=O)NCc3cn([C@H](C)[C@@H](NC(=O)[C@@H](C)NC)C(=O)N4CC(C)(C)c5[nH]c(=O)c(Cc6ccc(F)cc6)cc54)nn3)cc2)nn1. The Labute approximate surface area is 505 Å². The summed E-state index contributed by atoms with van der Waals surface area (Å²) in [6, 6.07) is 15.6. The molecule has 6 heterocycles. The van der Waals surface area contributed by atoms with Crippen LogP contribution < -0.4 is 52.8 Å². The second-order valence-corrected chi connectivity index (χ2v) is 23.8. The molecule has 0 fully saturated rings. The summed E-state index contributed by atoms with van der Waals surface area (Å²) in [6.07, 6.45) is 3.48. The van der Waals surface area contributed by atoms with Crippen LogP contribution in [0.3, 0.4) is 0 Å². The van der Waals surface area contributed by atoms with E-state index in [9.17, 15) is 47.1 Å². The van der Waals surface area contributed by atoms with E-state index in [4.69, 9.17) is 0 Å². The second-order valence-electron chi connectivity index (χ2n) is 23.8. The number of benzene rings is 3. The van der Waals surface area contributed by atoms with Crippen LogP contribution in [-0.2, 0) is 55.9 Å². The Balaban J connectivity index is 0.826. The smallest absolute Gasteiger partial charge is 0.251 e. The fourth-order valence-electron chi connectivity index (χ4n) is 10.7. The van der Waals surface area contributed by atoms with Crippen molar-refractivity contribution >= 4 is 46.8 Å². The van der Waals surface area contributed by atoms with Gasteiger partial charge in [0, 0.05) is 70.4 Å². The highest BCUT2D eigenvalue weighted by Gasteiger charge is 2.45. The summed E-state index contributed by atoms with van der Waals surface area (Å²) in [4.78, 5) is 119. The molecule has 0 aliphatic carbocycles. The molecule has 26 heteroatoms. The van der Waals surface area contributed by atoms with E-state index in [-0.39, 0.29) is 61.3 Å². The van der Waals surface area contributed by atoms with Crippen LogP contribution in [0.25, 0.3) is 0 Å². The maximum absolute atomic E-state index is 14.8. The normalized spacial score (nSPS) is 15.9. The van der Waals surface area contributed by atoms with Crippen LogP contribution >= 0.6 is 0 Å². The number of aromatic amines is 2. The van der Waals surface area contributed by atoms with Gasteiger partial charge >= 0.3 is 0 Å². The Morgan fingerprint density at radius 2 is 0.909 bits per heavy atom. The molecule has 0 unspecified atom stereocenters. The minimum absolute atomic E-state index is 0.0730. The highest BCUT2D eigenvalue weighted by molar-refractivity contribution is 6.03. The van der Waals surface area contributed by atoms with Gasteiger partial charge in [0.25, 0.3) is 34.7 Å². The molecule has 462 valence electrons. The number of H-pyrrole nitrogens is 2. The van der Waals surface area contributed by atoms with Gasteiger partial charge in [-0.05, 0) is 114 Å². The van der Waals surface area contributed by atoms with Crippen LogP contribution in [0.1, 0.15) is 133 Å². The van der Waals surface area contributed by atoms with E-state index in [0.717, 1.165) is 0 Å². The number of carbonyl (C=O) groups is 6. The minimum atomic E-state index is -1.18. The standard InChI is InChI=1S/C62H72F2N16O8/c1-33(65-9)53(81)69-49(59(87)77-31-61(5,6)51-47(77)25-41(57(85)71-51)23-37-11-19-43(63)20-12-37)35(3)79-29-45(73-75-79)27-67-55(83)39-15-17-40(18-16-39)56(84)68-28-46-30-80(76-74-46)36(4)50(70-54(82)34(2)66-10)60(88)78-32-62(7,8)52-48(78)26-42(58(86)72-52)24-38-13-21-44(64)22-14-38/h11-22,25-26,29-30,33-36,49-50,65-66H,23-24,27-28,31-32H2,1-10H3,(H,67,83)(H,68,84)(H,69,81)(H,70,82)(H,71,85)(H,72,86)/t33-,34+,35-,36+,49-,50+. The lowest BCUT2D eigenvalue weighted by Gasteiger charge is -2.30. The van der Waals surface area contributed by atoms with Crippen molar-refractivity contribution in [3.8, 4) is 0 Å². The van der Waals surface area contributed by atoms with E-state index in [1.807, 2.05) is 27.7 Å². The van der Waals surface area contributed by atoms with Crippen molar-refractivity contribution in [3.05, 3.63) is 186 Å². The van der Waals surface area contributed by atoms with Crippen molar-refractivity contribution in [1.29, 1.82) is 0 Å². The first-order valence-electron chi connectivity index (χ1n) is 28.8. The Bertz CT molecular complexity index is 3650. The number of nitrogens with zero attached hydrogens (tertiary/aromatic N) is 8. The summed E-state index contributed by atoms with van der Waals surface area (Å²) in [5.74, 6) is -3.62. The fraction of sp³-hybridized carbons (Fsp3) is 0.387. The highest BCUT2D eigenvalue weighted by atomic mass is 19.1. The molecule has 4 aromatic heterocycles. The van der Waals surface area contributed by atoms with Crippen molar-refractivity contribution in [3.63, 3.8) is 0 Å². The van der Waals surface area contributed by atoms with Crippen LogP contribution in [0, 0.1) is 11.6 Å². The van der Waals surface area contributed by atoms with Crippen molar-refractivity contribution < 1.29 is 37.5 Å². The quantitative estimate of drug-likeness (QED) is 0.0482. The molecule has 3 aromatic carbocycles. The molecule has 2 aliphatic rings. The second kappa shape index (κ2) is 25.8. The number of hydrogen-bond acceptors (Lipinski definition) is 14. The van der Waals surface area contributed by atoms with Crippen molar-refractivity contribution in [1.82, 2.24) is 71.9 Å².